The van der Waals surface area contributed by atoms with Crippen LogP contribution in [0.5, 0.6) is 0 Å². The van der Waals surface area contributed by atoms with E-state index in [0.29, 0.717) is 11.7 Å². The molecule has 0 aliphatic rings. The quantitative estimate of drug-likeness (QED) is 0.858. The number of anilines is 1. The molecule has 0 aromatic carbocycles. The fourth-order valence-electron chi connectivity index (χ4n) is 1.66. The number of aromatic amines is 1. The third kappa shape index (κ3) is 2.24. The maximum absolute atomic E-state index is 11.8. The number of nitrogens with zero attached hydrogens (tertiary/aromatic N) is 4. The van der Waals surface area contributed by atoms with E-state index in [2.05, 4.69) is 39.7 Å². The summed E-state index contributed by atoms with van der Waals surface area (Å²) in [5.74, 6) is -0.296. The SMILES string of the molecule is CCC(C)n1ncc(NC(=O)c2cn[nH]n2)c1C. The van der Waals surface area contributed by atoms with E-state index in [1.807, 2.05) is 11.6 Å². The van der Waals surface area contributed by atoms with Crippen LogP contribution in [-0.4, -0.2) is 31.1 Å². The van der Waals surface area contributed by atoms with Crippen molar-refractivity contribution in [3.05, 3.63) is 23.8 Å². The Morgan fingerprint density at radius 3 is 2.94 bits per heavy atom. The number of hydrogen-bond acceptors (Lipinski definition) is 4. The van der Waals surface area contributed by atoms with Crippen LogP contribution in [0, 0.1) is 6.92 Å². The highest BCUT2D eigenvalue weighted by atomic mass is 16.2. The highest BCUT2D eigenvalue weighted by Gasteiger charge is 2.15. The first kappa shape index (κ1) is 12.3. The zero-order valence-corrected chi connectivity index (χ0v) is 10.6. The van der Waals surface area contributed by atoms with Crippen molar-refractivity contribution < 1.29 is 4.79 Å². The molecule has 0 aliphatic carbocycles. The number of carbonyl (C=O) groups excluding carboxylic acids is 1. The van der Waals surface area contributed by atoms with Crippen LogP contribution >= 0.6 is 0 Å². The minimum atomic E-state index is -0.296. The molecular weight excluding hydrogens is 232 g/mol. The predicted molar refractivity (Wildman–Crippen MR) is 66.3 cm³/mol. The Bertz CT molecular complexity index is 530. The van der Waals surface area contributed by atoms with Gasteiger partial charge in [-0.3, -0.25) is 9.48 Å². The maximum Gasteiger partial charge on any atom is 0.277 e. The normalized spacial score (nSPS) is 12.4. The van der Waals surface area contributed by atoms with Crippen molar-refractivity contribution in [2.75, 3.05) is 5.32 Å². The van der Waals surface area contributed by atoms with Gasteiger partial charge in [-0.15, -0.1) is 0 Å². The van der Waals surface area contributed by atoms with Gasteiger partial charge in [0, 0.05) is 6.04 Å². The third-order valence-electron chi connectivity index (χ3n) is 2.95. The van der Waals surface area contributed by atoms with Gasteiger partial charge in [0.1, 0.15) is 0 Å². The molecule has 0 saturated carbocycles. The van der Waals surface area contributed by atoms with Crippen LogP contribution in [0.1, 0.15) is 42.5 Å². The minimum Gasteiger partial charge on any atom is -0.318 e. The predicted octanol–water partition coefficient (Wildman–Crippen LogP) is 1.53. The molecule has 0 saturated heterocycles. The molecule has 0 fully saturated rings. The molecular formula is C11H16N6O. The zero-order valence-electron chi connectivity index (χ0n) is 10.6. The van der Waals surface area contributed by atoms with Crippen LogP contribution in [0.2, 0.25) is 0 Å². The number of hydrogen-bond donors (Lipinski definition) is 2. The maximum atomic E-state index is 11.8. The zero-order chi connectivity index (χ0) is 13.1. The second kappa shape index (κ2) is 4.99. The molecule has 2 aromatic heterocycles. The summed E-state index contributed by atoms with van der Waals surface area (Å²) in [6, 6.07) is 0.308. The van der Waals surface area contributed by atoms with Gasteiger partial charge in [-0.05, 0) is 20.3 Å². The summed E-state index contributed by atoms with van der Waals surface area (Å²) in [4.78, 5) is 11.8. The lowest BCUT2D eigenvalue weighted by atomic mass is 10.2. The lowest BCUT2D eigenvalue weighted by Crippen LogP contribution is -2.14. The second-order valence-corrected chi connectivity index (χ2v) is 4.15. The molecule has 1 unspecified atom stereocenters. The van der Waals surface area contributed by atoms with Crippen molar-refractivity contribution in [2.24, 2.45) is 0 Å². The van der Waals surface area contributed by atoms with Crippen LogP contribution in [0.3, 0.4) is 0 Å². The van der Waals surface area contributed by atoms with E-state index in [1.165, 1.54) is 6.20 Å². The molecule has 2 aromatic rings. The molecule has 7 nitrogen and oxygen atoms in total. The number of rotatable bonds is 4. The van der Waals surface area contributed by atoms with E-state index >= 15 is 0 Å². The van der Waals surface area contributed by atoms with E-state index < -0.39 is 0 Å². The molecule has 0 spiro atoms. The Morgan fingerprint density at radius 1 is 1.56 bits per heavy atom. The van der Waals surface area contributed by atoms with E-state index in [1.54, 1.807) is 6.20 Å². The molecule has 18 heavy (non-hydrogen) atoms. The standard InChI is InChI=1S/C11H16N6O/c1-4-7(2)17-8(3)9(6-13-17)14-11(18)10-5-12-16-15-10/h5-7H,4H2,1-3H3,(H,14,18)(H,12,15,16). The molecule has 1 atom stereocenters. The van der Waals surface area contributed by atoms with Crippen molar-refractivity contribution in [1.82, 2.24) is 25.2 Å². The molecule has 1 amide bonds. The first-order valence-corrected chi connectivity index (χ1v) is 5.84. The van der Waals surface area contributed by atoms with E-state index in [9.17, 15) is 4.79 Å². The lowest BCUT2D eigenvalue weighted by Gasteiger charge is -2.12. The van der Waals surface area contributed by atoms with Gasteiger partial charge in [0.25, 0.3) is 5.91 Å². The summed E-state index contributed by atoms with van der Waals surface area (Å²) < 4.78 is 1.90. The molecule has 0 bridgehead atoms. The first-order chi connectivity index (χ1) is 8.63. The van der Waals surface area contributed by atoms with Crippen LogP contribution in [0.15, 0.2) is 12.4 Å². The second-order valence-electron chi connectivity index (χ2n) is 4.15. The Balaban J connectivity index is 2.16. The van der Waals surface area contributed by atoms with Gasteiger partial charge in [0.2, 0.25) is 0 Å². The summed E-state index contributed by atoms with van der Waals surface area (Å²) in [7, 11) is 0. The minimum absolute atomic E-state index is 0.255. The van der Waals surface area contributed by atoms with Gasteiger partial charge in [-0.2, -0.15) is 20.5 Å². The van der Waals surface area contributed by atoms with Gasteiger partial charge >= 0.3 is 0 Å². The summed E-state index contributed by atoms with van der Waals surface area (Å²) in [6.07, 6.45) is 4.02. The fourth-order valence-corrected chi connectivity index (χ4v) is 1.66. The number of nitrogens with one attached hydrogen (secondary N) is 2. The fraction of sp³-hybridized carbons (Fsp3) is 0.455. The van der Waals surface area contributed by atoms with Crippen LogP contribution in [0.4, 0.5) is 5.69 Å². The topological polar surface area (TPSA) is 88.5 Å². The molecule has 0 aliphatic heterocycles. The van der Waals surface area contributed by atoms with Crippen molar-refractivity contribution >= 4 is 11.6 Å². The van der Waals surface area contributed by atoms with Crippen LogP contribution in [-0.2, 0) is 0 Å². The van der Waals surface area contributed by atoms with Gasteiger partial charge in [-0.25, -0.2) is 0 Å². The van der Waals surface area contributed by atoms with Gasteiger partial charge in [0.15, 0.2) is 5.69 Å². The Morgan fingerprint density at radius 2 is 2.33 bits per heavy atom. The number of aromatic nitrogens is 5. The molecule has 96 valence electrons. The molecule has 0 radical (unpaired) electrons. The average molecular weight is 248 g/mol. The number of carbonyl (C=O) groups is 1. The largest absolute Gasteiger partial charge is 0.318 e. The Labute approximate surface area is 105 Å². The molecule has 7 heteroatoms. The van der Waals surface area contributed by atoms with Crippen LogP contribution in [0.25, 0.3) is 0 Å². The van der Waals surface area contributed by atoms with Crippen molar-refractivity contribution in [1.29, 1.82) is 0 Å². The monoisotopic (exact) mass is 248 g/mol. The van der Waals surface area contributed by atoms with Gasteiger partial charge in [0.05, 0.1) is 23.8 Å². The van der Waals surface area contributed by atoms with Gasteiger partial charge in [-0.1, -0.05) is 6.92 Å². The summed E-state index contributed by atoms with van der Waals surface area (Å²) in [5.41, 5.74) is 1.88. The first-order valence-electron chi connectivity index (χ1n) is 5.84. The highest BCUT2D eigenvalue weighted by molar-refractivity contribution is 6.02. The highest BCUT2D eigenvalue weighted by Crippen LogP contribution is 2.19. The molecule has 2 rings (SSSR count). The number of H-pyrrole nitrogens is 1. The summed E-state index contributed by atoms with van der Waals surface area (Å²) in [6.45, 7) is 6.11. The van der Waals surface area contributed by atoms with E-state index in [-0.39, 0.29) is 11.6 Å². The van der Waals surface area contributed by atoms with Crippen molar-refractivity contribution in [2.45, 2.75) is 33.2 Å². The lowest BCUT2D eigenvalue weighted by molar-refractivity contribution is 0.102. The van der Waals surface area contributed by atoms with Crippen molar-refractivity contribution in [3.8, 4) is 0 Å². The number of amides is 1. The third-order valence-corrected chi connectivity index (χ3v) is 2.95. The van der Waals surface area contributed by atoms with Crippen LogP contribution < -0.4 is 5.32 Å². The van der Waals surface area contributed by atoms with Crippen molar-refractivity contribution in [3.63, 3.8) is 0 Å². The Hall–Kier alpha value is -2.18. The summed E-state index contributed by atoms with van der Waals surface area (Å²) in [5, 5.41) is 16.8. The summed E-state index contributed by atoms with van der Waals surface area (Å²) >= 11 is 0. The van der Waals surface area contributed by atoms with Gasteiger partial charge < -0.3 is 5.32 Å². The smallest absolute Gasteiger partial charge is 0.277 e. The average Bonchev–Trinajstić information content (AvgIpc) is 3.00. The Kier molecular flexibility index (Phi) is 3.40. The van der Waals surface area contributed by atoms with E-state index in [4.69, 9.17) is 0 Å². The molecule has 2 heterocycles. The molecule has 2 N–H and O–H groups in total. The van der Waals surface area contributed by atoms with E-state index in [0.717, 1.165) is 12.1 Å².